The van der Waals surface area contributed by atoms with Crippen molar-refractivity contribution >= 4 is 28.6 Å². The van der Waals surface area contributed by atoms with Crippen LogP contribution in [0.3, 0.4) is 0 Å². The summed E-state index contributed by atoms with van der Waals surface area (Å²) in [6.07, 6.45) is 0. The van der Waals surface area contributed by atoms with Gasteiger partial charge < -0.3 is 19.8 Å². The van der Waals surface area contributed by atoms with Crippen LogP contribution in [-0.2, 0) is 0 Å². The molecular weight excluding hydrogens is 426 g/mol. The topological polar surface area (TPSA) is 69.2 Å². The highest BCUT2D eigenvalue weighted by atomic mass is 16.5. The molecule has 0 spiro atoms. The third-order valence-corrected chi connectivity index (χ3v) is 5.53. The molecule has 4 rings (SSSR count). The van der Waals surface area contributed by atoms with Crippen molar-refractivity contribution in [3.63, 3.8) is 0 Å². The Bertz CT molecular complexity index is 1220. The van der Waals surface area contributed by atoms with Crippen molar-refractivity contribution in [2.45, 2.75) is 0 Å². The molecule has 0 aromatic heterocycles. The second-order valence-electron chi connectivity index (χ2n) is 8.15. The Morgan fingerprint density at radius 3 is 1.65 bits per heavy atom. The van der Waals surface area contributed by atoms with E-state index < -0.39 is 0 Å². The molecule has 0 heterocycles. The third-order valence-electron chi connectivity index (χ3n) is 5.53. The van der Waals surface area contributed by atoms with Gasteiger partial charge in [0.1, 0.15) is 40.0 Å². The van der Waals surface area contributed by atoms with E-state index in [1.165, 1.54) is 10.6 Å². The molecule has 4 N–H and O–H groups in total. The molecule has 4 aromatic carbocycles. The number of ether oxygens (including phenoxy) is 1. The molecule has 0 unspecified atom stereocenters. The number of anilines is 1. The predicted molar refractivity (Wildman–Crippen MR) is 137 cm³/mol. The van der Waals surface area contributed by atoms with Crippen LogP contribution in [0, 0.1) is 0 Å². The summed E-state index contributed by atoms with van der Waals surface area (Å²) < 4.78 is 7.36. The van der Waals surface area contributed by atoms with Gasteiger partial charge in [-0.15, -0.1) is 0 Å². The summed E-state index contributed by atoms with van der Waals surface area (Å²) in [5.41, 5.74) is 4.74. The zero-order chi connectivity index (χ0) is 24.1. The average Bonchev–Trinajstić information content (AvgIpc) is 2.86. The summed E-state index contributed by atoms with van der Waals surface area (Å²) in [6.45, 7) is 0. The normalized spacial score (nSPS) is 10.7. The molecule has 0 amide bonds. The number of benzene rings is 4. The zero-order valence-electron chi connectivity index (χ0n) is 19.5. The lowest BCUT2D eigenvalue weighted by Gasteiger charge is -2.15. The first-order valence-corrected chi connectivity index (χ1v) is 11.0. The highest BCUT2D eigenvalue weighted by Crippen LogP contribution is 2.27. The largest absolute Gasteiger partial charge is 0.508 e. The number of hydrogen-bond acceptors (Lipinski definition) is 3. The van der Waals surface area contributed by atoms with E-state index in [4.69, 9.17) is 4.74 Å². The molecule has 0 fully saturated rings. The van der Waals surface area contributed by atoms with Gasteiger partial charge in [0.05, 0.1) is 26.8 Å². The van der Waals surface area contributed by atoms with E-state index in [9.17, 15) is 10.2 Å². The third kappa shape index (κ3) is 5.19. The molecule has 4 aromatic rings. The smallest absolute Gasteiger partial charge is 0.292 e. The Hall–Kier alpha value is -4.29. The van der Waals surface area contributed by atoms with Crippen LogP contribution < -0.4 is 19.5 Å². The van der Waals surface area contributed by atoms with Gasteiger partial charge in [-0.05, 0) is 97.1 Å². The first-order chi connectivity index (χ1) is 16.4. The van der Waals surface area contributed by atoms with Gasteiger partial charge >= 0.3 is 0 Å². The molecule has 0 aliphatic carbocycles. The Morgan fingerprint density at radius 1 is 0.706 bits per heavy atom. The number of rotatable bonds is 6. The molecule has 0 bridgehead atoms. The summed E-state index contributed by atoms with van der Waals surface area (Å²) >= 11 is 0. The Labute approximate surface area is 199 Å². The Balaban J connectivity index is 1.94. The minimum Gasteiger partial charge on any atom is -0.508 e. The second-order valence-corrected chi connectivity index (χ2v) is 8.15. The SMILES string of the molecule is COc1ccc(NC(c2ccc([NH+](C)C)cc2)=[N+](c2ccc(O)cc2)c2ccc(O)cc2)cc1. The van der Waals surface area contributed by atoms with E-state index in [1.54, 1.807) is 31.4 Å². The summed E-state index contributed by atoms with van der Waals surface area (Å²) in [6, 6.07) is 30.2. The number of phenolic OH excluding ortho intramolecular Hbond substituents is 2. The molecule has 0 saturated carbocycles. The summed E-state index contributed by atoms with van der Waals surface area (Å²) in [4.78, 5) is 1.24. The lowest BCUT2D eigenvalue weighted by Crippen LogP contribution is -3.00. The van der Waals surface area contributed by atoms with Crippen molar-refractivity contribution in [3.05, 3.63) is 103 Å². The first-order valence-electron chi connectivity index (χ1n) is 11.0. The second kappa shape index (κ2) is 10.1. The van der Waals surface area contributed by atoms with Crippen molar-refractivity contribution in [2.24, 2.45) is 0 Å². The van der Waals surface area contributed by atoms with E-state index in [0.29, 0.717) is 0 Å². The monoisotopic (exact) mass is 455 g/mol. The van der Waals surface area contributed by atoms with Crippen molar-refractivity contribution in [3.8, 4) is 17.2 Å². The lowest BCUT2D eigenvalue weighted by atomic mass is 10.1. The highest BCUT2D eigenvalue weighted by Gasteiger charge is 2.22. The molecule has 0 atom stereocenters. The van der Waals surface area contributed by atoms with Crippen molar-refractivity contribution < 1.29 is 19.8 Å². The maximum absolute atomic E-state index is 9.88. The van der Waals surface area contributed by atoms with Crippen LogP contribution in [-0.4, -0.2) is 37.3 Å². The Kier molecular flexibility index (Phi) is 6.80. The summed E-state index contributed by atoms with van der Waals surface area (Å²) in [7, 11) is 5.83. The first kappa shape index (κ1) is 22.9. The maximum Gasteiger partial charge on any atom is 0.292 e. The van der Waals surface area contributed by atoms with E-state index in [1.807, 2.05) is 48.5 Å². The van der Waals surface area contributed by atoms with Crippen LogP contribution in [0.5, 0.6) is 17.2 Å². The number of methoxy groups -OCH3 is 1. The average molecular weight is 456 g/mol. The van der Waals surface area contributed by atoms with Crippen molar-refractivity contribution in [1.29, 1.82) is 0 Å². The highest BCUT2D eigenvalue weighted by molar-refractivity contribution is 6.11. The van der Waals surface area contributed by atoms with Crippen molar-refractivity contribution in [2.75, 3.05) is 26.5 Å². The Morgan fingerprint density at radius 2 is 1.21 bits per heavy atom. The minimum absolute atomic E-state index is 0.192. The van der Waals surface area contributed by atoms with E-state index in [2.05, 4.69) is 48.3 Å². The number of aromatic hydroxyl groups is 2. The van der Waals surface area contributed by atoms with Gasteiger partial charge in [0.25, 0.3) is 5.84 Å². The lowest BCUT2D eigenvalue weighted by molar-refractivity contribution is -0.786. The van der Waals surface area contributed by atoms with Gasteiger partial charge in [0.2, 0.25) is 0 Å². The van der Waals surface area contributed by atoms with Crippen LogP contribution >= 0.6 is 0 Å². The predicted octanol–water partition coefficient (Wildman–Crippen LogP) is 4.28. The van der Waals surface area contributed by atoms with Gasteiger partial charge in [-0.3, -0.25) is 0 Å². The number of hydrogen-bond donors (Lipinski definition) is 4. The molecule has 0 radical (unpaired) electrons. The zero-order valence-corrected chi connectivity index (χ0v) is 19.5. The number of phenols is 2. The summed E-state index contributed by atoms with van der Waals surface area (Å²) in [5.74, 6) is 1.98. The van der Waals surface area contributed by atoms with E-state index in [0.717, 1.165) is 34.2 Å². The molecule has 172 valence electrons. The molecule has 34 heavy (non-hydrogen) atoms. The van der Waals surface area contributed by atoms with Gasteiger partial charge in [0, 0.05) is 0 Å². The van der Waals surface area contributed by atoms with E-state index >= 15 is 0 Å². The molecule has 6 heteroatoms. The van der Waals surface area contributed by atoms with Crippen LogP contribution in [0.25, 0.3) is 0 Å². The van der Waals surface area contributed by atoms with Gasteiger partial charge in [-0.1, -0.05) is 0 Å². The number of quaternary nitrogens is 1. The van der Waals surface area contributed by atoms with Crippen LogP contribution in [0.4, 0.5) is 22.7 Å². The standard InChI is InChI=1S/C28H27N3O3/c1-30(2)22-8-4-20(5-9-22)28(29-21-6-18-27(34-3)19-7-21)31(23-10-14-25(32)15-11-23)24-12-16-26(33)17-13-24/h4-19,32-33H,1-3H3/p+2. The van der Waals surface area contributed by atoms with Crippen LogP contribution in [0.2, 0.25) is 0 Å². The molecule has 0 aliphatic heterocycles. The van der Waals surface area contributed by atoms with Crippen LogP contribution in [0.1, 0.15) is 5.56 Å². The fourth-order valence-corrected chi connectivity index (χ4v) is 3.64. The number of nitrogens with zero attached hydrogens (tertiary/aromatic N) is 1. The van der Waals surface area contributed by atoms with Gasteiger partial charge in [-0.2, -0.15) is 4.58 Å². The van der Waals surface area contributed by atoms with Gasteiger partial charge in [-0.25, -0.2) is 5.32 Å². The number of amidine groups is 1. The number of nitrogens with one attached hydrogen (secondary N) is 2. The molecule has 6 nitrogen and oxygen atoms in total. The minimum atomic E-state index is 0.192. The molecule has 0 saturated heterocycles. The van der Waals surface area contributed by atoms with Gasteiger partial charge in [0.15, 0.2) is 0 Å². The summed E-state index contributed by atoms with van der Waals surface area (Å²) in [5, 5.41) is 23.3. The fourth-order valence-electron chi connectivity index (χ4n) is 3.64. The van der Waals surface area contributed by atoms with Crippen molar-refractivity contribution in [1.82, 2.24) is 4.58 Å². The van der Waals surface area contributed by atoms with E-state index in [-0.39, 0.29) is 11.5 Å². The fraction of sp³-hybridized carbons (Fsp3) is 0.107. The quantitative estimate of drug-likeness (QED) is 0.199. The maximum atomic E-state index is 9.88. The van der Waals surface area contributed by atoms with Crippen LogP contribution in [0.15, 0.2) is 97.1 Å². The molecule has 0 aliphatic rings. The molecular formula is C28H29N3O3+2.